The van der Waals surface area contributed by atoms with Gasteiger partial charge in [-0.25, -0.2) is 9.38 Å². The smallest absolute Gasteiger partial charge is 0.191 e. The zero-order valence-electron chi connectivity index (χ0n) is 12.0. The fourth-order valence-electron chi connectivity index (χ4n) is 1.78. The van der Waals surface area contributed by atoms with E-state index in [4.69, 9.17) is 0 Å². The Kier molecular flexibility index (Phi) is 5.70. The molecule has 0 radical (unpaired) electrons. The Bertz CT molecular complexity index is 567. The minimum absolute atomic E-state index is 0.233. The molecule has 0 saturated carbocycles. The van der Waals surface area contributed by atoms with Crippen LogP contribution in [0.5, 0.6) is 0 Å². The fraction of sp³-hybridized carbons (Fsp3) is 0.250. The molecule has 0 fully saturated rings. The second-order valence-electron chi connectivity index (χ2n) is 4.50. The van der Waals surface area contributed by atoms with Crippen LogP contribution in [0.3, 0.4) is 0 Å². The number of halogens is 1. The van der Waals surface area contributed by atoms with Crippen LogP contribution in [0, 0.1) is 5.82 Å². The van der Waals surface area contributed by atoms with E-state index in [2.05, 4.69) is 20.6 Å². The van der Waals surface area contributed by atoms with Crippen molar-refractivity contribution < 1.29 is 4.39 Å². The Labute approximate surface area is 124 Å². The topological polar surface area (TPSA) is 49.3 Å². The van der Waals surface area contributed by atoms with Crippen LogP contribution in [-0.2, 0) is 13.1 Å². The molecule has 4 nitrogen and oxygen atoms in total. The summed E-state index contributed by atoms with van der Waals surface area (Å²) in [6, 6.07) is 12.2. The summed E-state index contributed by atoms with van der Waals surface area (Å²) in [6.07, 6.45) is 1.76. The van der Waals surface area contributed by atoms with Gasteiger partial charge in [0.05, 0.1) is 18.8 Å². The number of nitrogens with zero attached hydrogens (tertiary/aromatic N) is 2. The van der Waals surface area contributed by atoms with Crippen LogP contribution >= 0.6 is 0 Å². The normalized spacial score (nSPS) is 11.2. The summed E-state index contributed by atoms with van der Waals surface area (Å²) < 4.78 is 12.8. The van der Waals surface area contributed by atoms with Gasteiger partial charge in [-0.2, -0.15) is 0 Å². The predicted molar refractivity (Wildman–Crippen MR) is 82.3 cm³/mol. The number of pyridine rings is 1. The zero-order valence-corrected chi connectivity index (χ0v) is 12.0. The van der Waals surface area contributed by atoms with Crippen molar-refractivity contribution in [1.82, 2.24) is 15.6 Å². The molecule has 2 aromatic rings. The molecule has 110 valence electrons. The van der Waals surface area contributed by atoms with Gasteiger partial charge < -0.3 is 10.6 Å². The highest BCUT2D eigenvalue weighted by Crippen LogP contribution is 2.03. The first-order chi connectivity index (χ1) is 10.3. The summed E-state index contributed by atoms with van der Waals surface area (Å²) in [7, 11) is 0. The molecule has 0 unspecified atom stereocenters. The first-order valence-electron chi connectivity index (χ1n) is 6.94. The van der Waals surface area contributed by atoms with Crippen molar-refractivity contribution in [3.63, 3.8) is 0 Å². The van der Waals surface area contributed by atoms with E-state index in [0.29, 0.717) is 19.0 Å². The molecule has 0 aliphatic rings. The number of guanidine groups is 1. The summed E-state index contributed by atoms with van der Waals surface area (Å²) in [5.41, 5.74) is 1.91. The average molecular weight is 286 g/mol. The Morgan fingerprint density at radius 1 is 1.14 bits per heavy atom. The van der Waals surface area contributed by atoms with E-state index < -0.39 is 0 Å². The zero-order chi connectivity index (χ0) is 14.9. The molecule has 0 spiro atoms. The first-order valence-corrected chi connectivity index (χ1v) is 6.94. The number of aromatic nitrogens is 1. The first kappa shape index (κ1) is 15.0. The monoisotopic (exact) mass is 286 g/mol. The number of aliphatic imine (C=N–C) groups is 1. The molecule has 0 saturated heterocycles. The van der Waals surface area contributed by atoms with Gasteiger partial charge in [-0.05, 0) is 36.8 Å². The lowest BCUT2D eigenvalue weighted by molar-refractivity contribution is 0.627. The number of benzene rings is 1. The van der Waals surface area contributed by atoms with Gasteiger partial charge >= 0.3 is 0 Å². The molecular formula is C16H19FN4. The van der Waals surface area contributed by atoms with Gasteiger partial charge in [0.1, 0.15) is 5.82 Å². The SMILES string of the molecule is CCNC(=NCc1ccc(F)cc1)NCc1ccccn1. The predicted octanol–water partition coefficient (Wildman–Crippen LogP) is 2.48. The van der Waals surface area contributed by atoms with Gasteiger partial charge in [0.25, 0.3) is 0 Å². The fourth-order valence-corrected chi connectivity index (χ4v) is 1.78. The lowest BCUT2D eigenvalue weighted by atomic mass is 10.2. The second-order valence-corrected chi connectivity index (χ2v) is 4.50. The Balaban J connectivity index is 1.94. The third kappa shape index (κ3) is 5.22. The third-order valence-corrected chi connectivity index (χ3v) is 2.84. The molecule has 0 aliphatic carbocycles. The largest absolute Gasteiger partial charge is 0.357 e. The van der Waals surface area contributed by atoms with E-state index in [1.807, 2.05) is 25.1 Å². The molecular weight excluding hydrogens is 267 g/mol. The molecule has 2 rings (SSSR count). The minimum atomic E-state index is -0.233. The lowest BCUT2D eigenvalue weighted by Gasteiger charge is -2.10. The number of rotatable bonds is 5. The molecule has 2 N–H and O–H groups in total. The van der Waals surface area contributed by atoms with Crippen LogP contribution in [0.15, 0.2) is 53.7 Å². The quantitative estimate of drug-likeness (QED) is 0.656. The van der Waals surface area contributed by atoms with Gasteiger partial charge in [0.15, 0.2) is 5.96 Å². The van der Waals surface area contributed by atoms with Crippen LogP contribution in [-0.4, -0.2) is 17.5 Å². The lowest BCUT2D eigenvalue weighted by Crippen LogP contribution is -2.36. The van der Waals surface area contributed by atoms with Crippen molar-refractivity contribution in [3.8, 4) is 0 Å². The van der Waals surface area contributed by atoms with Crippen molar-refractivity contribution in [3.05, 3.63) is 65.7 Å². The van der Waals surface area contributed by atoms with Gasteiger partial charge in [-0.1, -0.05) is 18.2 Å². The highest BCUT2D eigenvalue weighted by atomic mass is 19.1. The summed E-state index contributed by atoms with van der Waals surface area (Å²) >= 11 is 0. The molecule has 21 heavy (non-hydrogen) atoms. The molecule has 1 aromatic carbocycles. The summed E-state index contributed by atoms with van der Waals surface area (Å²) in [5.74, 6) is 0.482. The summed E-state index contributed by atoms with van der Waals surface area (Å²) in [4.78, 5) is 8.72. The Hall–Kier alpha value is -2.43. The van der Waals surface area contributed by atoms with Crippen molar-refractivity contribution >= 4 is 5.96 Å². The van der Waals surface area contributed by atoms with E-state index in [-0.39, 0.29) is 5.82 Å². The van der Waals surface area contributed by atoms with E-state index in [9.17, 15) is 4.39 Å². The Morgan fingerprint density at radius 2 is 1.95 bits per heavy atom. The molecule has 5 heteroatoms. The van der Waals surface area contributed by atoms with Gasteiger partial charge in [0.2, 0.25) is 0 Å². The number of nitrogens with one attached hydrogen (secondary N) is 2. The van der Waals surface area contributed by atoms with E-state index in [0.717, 1.165) is 17.8 Å². The van der Waals surface area contributed by atoms with Crippen LogP contribution in [0.4, 0.5) is 4.39 Å². The van der Waals surface area contributed by atoms with Gasteiger partial charge in [-0.3, -0.25) is 4.98 Å². The molecule has 0 aliphatic heterocycles. The van der Waals surface area contributed by atoms with Crippen LogP contribution in [0.2, 0.25) is 0 Å². The molecule has 0 amide bonds. The van der Waals surface area contributed by atoms with E-state index in [1.54, 1.807) is 18.3 Å². The van der Waals surface area contributed by atoms with Crippen LogP contribution in [0.25, 0.3) is 0 Å². The van der Waals surface area contributed by atoms with Crippen molar-refractivity contribution in [2.45, 2.75) is 20.0 Å². The third-order valence-electron chi connectivity index (χ3n) is 2.84. The maximum absolute atomic E-state index is 12.8. The Morgan fingerprint density at radius 3 is 2.62 bits per heavy atom. The van der Waals surface area contributed by atoms with Gasteiger partial charge in [-0.15, -0.1) is 0 Å². The number of hydrogen-bond acceptors (Lipinski definition) is 2. The van der Waals surface area contributed by atoms with E-state index >= 15 is 0 Å². The van der Waals surface area contributed by atoms with Crippen molar-refractivity contribution in [2.75, 3.05) is 6.54 Å². The minimum Gasteiger partial charge on any atom is -0.357 e. The molecule has 1 heterocycles. The van der Waals surface area contributed by atoms with Crippen LogP contribution in [0.1, 0.15) is 18.2 Å². The second kappa shape index (κ2) is 7.99. The van der Waals surface area contributed by atoms with Crippen molar-refractivity contribution in [2.24, 2.45) is 4.99 Å². The number of hydrogen-bond donors (Lipinski definition) is 2. The van der Waals surface area contributed by atoms with Crippen LogP contribution < -0.4 is 10.6 Å². The molecule has 0 bridgehead atoms. The van der Waals surface area contributed by atoms with E-state index in [1.165, 1.54) is 12.1 Å². The highest BCUT2D eigenvalue weighted by molar-refractivity contribution is 5.79. The molecule has 0 atom stereocenters. The summed E-state index contributed by atoms with van der Waals surface area (Å²) in [6.45, 7) is 3.89. The standard InChI is InChI=1S/C16H19FN4/c1-2-18-16(21-12-15-5-3-4-10-19-15)20-11-13-6-8-14(17)9-7-13/h3-10H,2,11-12H2,1H3,(H2,18,20,21). The summed E-state index contributed by atoms with van der Waals surface area (Å²) in [5, 5.41) is 6.39. The van der Waals surface area contributed by atoms with Gasteiger partial charge in [0, 0.05) is 12.7 Å². The molecule has 1 aromatic heterocycles. The maximum atomic E-state index is 12.8. The van der Waals surface area contributed by atoms with Crippen molar-refractivity contribution in [1.29, 1.82) is 0 Å². The highest BCUT2D eigenvalue weighted by Gasteiger charge is 1.99. The average Bonchev–Trinajstić information content (AvgIpc) is 2.52. The maximum Gasteiger partial charge on any atom is 0.191 e.